The predicted octanol–water partition coefficient (Wildman–Crippen LogP) is 9.25. The van der Waals surface area contributed by atoms with Gasteiger partial charge >= 0.3 is 6.03 Å². The Morgan fingerprint density at radius 3 is 2.35 bits per heavy atom. The molecule has 7 rings (SSSR count). The number of pyridine rings is 1. The highest BCUT2D eigenvalue weighted by Gasteiger charge is 2.45. The second-order valence-electron chi connectivity index (χ2n) is 18.7. The first-order chi connectivity index (χ1) is 28.6. The minimum atomic E-state index is -2.23. The highest BCUT2D eigenvalue weighted by molar-refractivity contribution is 6.77. The number of rotatable bonds is 14. The summed E-state index contributed by atoms with van der Waals surface area (Å²) in [4.78, 5) is 16.4. The average Bonchev–Trinajstić information content (AvgIpc) is 3.93. The zero-order valence-corrected chi connectivity index (χ0v) is 38.3. The molecule has 5 aromatic rings. The number of nitrogens with one attached hydrogen (secondary N) is 2. The van der Waals surface area contributed by atoms with Crippen LogP contribution in [-0.4, -0.2) is 72.8 Å². The number of piperidine rings is 1. The lowest BCUT2D eigenvalue weighted by molar-refractivity contribution is 0.171. The molecule has 2 amide bonds. The average molecular weight is 839 g/mol. The fraction of sp³-hybridized carbons (Fsp3) is 0.578. The van der Waals surface area contributed by atoms with Crippen LogP contribution in [0.15, 0.2) is 54.9 Å². The minimum absolute atomic E-state index is 0.0605. The van der Waals surface area contributed by atoms with Gasteiger partial charge in [0.05, 0.1) is 43.9 Å². The molecule has 15 heteroatoms. The van der Waals surface area contributed by atoms with Gasteiger partial charge in [-0.2, -0.15) is 10.2 Å². The molecule has 0 saturated carbocycles. The van der Waals surface area contributed by atoms with Crippen molar-refractivity contribution in [2.75, 3.05) is 23.4 Å². The van der Waals surface area contributed by atoms with E-state index >= 15 is 0 Å². The second-order valence-corrected chi connectivity index (χ2v) is 24.2. The largest absolute Gasteiger partial charge is 0.484 e. The first kappa shape index (κ1) is 43.4. The highest BCUT2D eigenvalue weighted by atomic mass is 28.4. The van der Waals surface area contributed by atoms with Gasteiger partial charge in [0.2, 0.25) is 14.3 Å². The number of hydrogen-bond donors (Lipinski definition) is 3. The number of carbonyl (C=O) groups excluding carboxylic acids is 1. The molecule has 324 valence electrons. The summed E-state index contributed by atoms with van der Waals surface area (Å²) < 4.78 is 19.3. The summed E-state index contributed by atoms with van der Waals surface area (Å²) in [6.45, 7) is 23.7. The number of aromatic nitrogens is 7. The number of urea groups is 1. The highest BCUT2D eigenvalue weighted by Crippen LogP contribution is 2.43. The molecule has 1 fully saturated rings. The SMILES string of the molecule is CC1CCCCN1c1nnc2ccc(OC3CCC(NC(=O)Nc4cc(C(C)(C)C)nn4-c4cn(CCO)nc4CO[Si](C(C)C)(C(C)C)C(C)C)c4ccccc43)cn12. The summed E-state index contributed by atoms with van der Waals surface area (Å²) in [6, 6.07) is 13.9. The van der Waals surface area contributed by atoms with E-state index in [4.69, 9.17) is 19.4 Å². The van der Waals surface area contributed by atoms with Crippen molar-refractivity contribution in [2.45, 2.75) is 155 Å². The van der Waals surface area contributed by atoms with Crippen molar-refractivity contribution in [2.24, 2.45) is 0 Å². The van der Waals surface area contributed by atoms with Crippen molar-refractivity contribution in [3.63, 3.8) is 0 Å². The lowest BCUT2D eigenvalue weighted by Gasteiger charge is -2.42. The maximum absolute atomic E-state index is 14.1. The third kappa shape index (κ3) is 8.71. The summed E-state index contributed by atoms with van der Waals surface area (Å²) >= 11 is 0. The Morgan fingerprint density at radius 2 is 1.67 bits per heavy atom. The van der Waals surface area contributed by atoms with E-state index in [0.717, 1.165) is 53.6 Å². The molecule has 0 radical (unpaired) electrons. The van der Waals surface area contributed by atoms with Crippen molar-refractivity contribution in [3.05, 3.63) is 77.4 Å². The number of benzene rings is 1. The van der Waals surface area contributed by atoms with Crippen LogP contribution in [-0.2, 0) is 23.0 Å². The van der Waals surface area contributed by atoms with E-state index in [1.165, 1.54) is 6.42 Å². The molecule has 0 spiro atoms. The van der Waals surface area contributed by atoms with Gasteiger partial charge in [-0.15, -0.1) is 10.2 Å². The maximum Gasteiger partial charge on any atom is 0.320 e. The normalized spacial score (nSPS) is 18.8. The van der Waals surface area contributed by atoms with Gasteiger partial charge in [0.15, 0.2) is 5.65 Å². The molecule has 1 saturated heterocycles. The monoisotopic (exact) mass is 839 g/mol. The van der Waals surface area contributed by atoms with E-state index in [9.17, 15) is 9.90 Å². The fourth-order valence-electron chi connectivity index (χ4n) is 9.68. The molecule has 1 aliphatic carbocycles. The fourth-order valence-corrected chi connectivity index (χ4v) is 15.1. The van der Waals surface area contributed by atoms with E-state index in [1.54, 1.807) is 9.36 Å². The number of aliphatic hydroxyl groups is 1. The summed E-state index contributed by atoms with van der Waals surface area (Å²) in [5, 5.41) is 35.3. The van der Waals surface area contributed by atoms with Crippen LogP contribution in [0.3, 0.4) is 0 Å². The number of nitrogens with zero attached hydrogens (tertiary/aromatic N) is 8. The Labute approximate surface area is 356 Å². The Kier molecular flexibility index (Phi) is 12.8. The van der Waals surface area contributed by atoms with E-state index in [2.05, 4.69) is 107 Å². The first-order valence-electron chi connectivity index (χ1n) is 22.0. The Bertz CT molecular complexity index is 2230. The summed E-state index contributed by atoms with van der Waals surface area (Å²) in [5.74, 6) is 2.13. The molecule has 14 nitrogen and oxygen atoms in total. The van der Waals surface area contributed by atoms with Gasteiger partial charge in [0, 0.05) is 24.1 Å². The van der Waals surface area contributed by atoms with Crippen LogP contribution in [0.1, 0.15) is 136 Å². The van der Waals surface area contributed by atoms with Gasteiger partial charge in [0.25, 0.3) is 0 Å². The molecule has 5 heterocycles. The van der Waals surface area contributed by atoms with Crippen LogP contribution < -0.4 is 20.3 Å². The van der Waals surface area contributed by atoms with E-state index in [0.29, 0.717) is 65.9 Å². The Morgan fingerprint density at radius 1 is 0.933 bits per heavy atom. The van der Waals surface area contributed by atoms with E-state index in [1.807, 2.05) is 47.1 Å². The summed E-state index contributed by atoms with van der Waals surface area (Å²) in [5.41, 5.74) is 6.01. The Balaban J connectivity index is 1.12. The standard InChI is InChI=1S/C45H66N10O4Si/c1-29(2)60(30(3)4,31(5)6)58-28-37-38(27-52(50-37)23-24-56)55-42(25-40(51-55)45(8,9)10)47-43(57)46-36-19-20-39(35-17-12-11-16-34(35)36)59-33-18-21-41-48-49-44(54(41)26-33)53-22-14-13-15-32(53)7/h11-12,16-18,21,25-27,29-32,36,39,56H,13-15,19-20,22-24,28H2,1-10H3,(H2,46,47,57). The minimum Gasteiger partial charge on any atom is -0.484 e. The number of ether oxygens (including phenoxy) is 1. The quantitative estimate of drug-likeness (QED) is 0.0931. The van der Waals surface area contributed by atoms with Gasteiger partial charge in [-0.1, -0.05) is 86.6 Å². The molecule has 3 N–H and O–H groups in total. The van der Waals surface area contributed by atoms with Crippen LogP contribution in [0.2, 0.25) is 16.6 Å². The van der Waals surface area contributed by atoms with Crippen LogP contribution in [0.25, 0.3) is 11.3 Å². The predicted molar refractivity (Wildman–Crippen MR) is 239 cm³/mol. The molecule has 2 aliphatic rings. The Hall–Kier alpha value is -4.73. The number of hydrogen-bond acceptors (Lipinski definition) is 9. The molecule has 3 atom stereocenters. The van der Waals surface area contributed by atoms with Crippen LogP contribution >= 0.6 is 0 Å². The maximum atomic E-state index is 14.1. The van der Waals surface area contributed by atoms with Gasteiger partial charge in [-0.05, 0) is 78.9 Å². The van der Waals surface area contributed by atoms with Crippen molar-refractivity contribution < 1.29 is 19.1 Å². The van der Waals surface area contributed by atoms with Gasteiger partial charge in [-0.25, -0.2) is 9.48 Å². The summed E-state index contributed by atoms with van der Waals surface area (Å²) in [7, 11) is -2.23. The molecular formula is C45H66N10O4Si. The van der Waals surface area contributed by atoms with E-state index < -0.39 is 8.32 Å². The number of amides is 2. The molecule has 1 aromatic carbocycles. The smallest absolute Gasteiger partial charge is 0.320 e. The number of carbonyl (C=O) groups is 1. The lowest BCUT2D eigenvalue weighted by Crippen LogP contribution is -2.47. The van der Waals surface area contributed by atoms with Crippen LogP contribution in [0, 0.1) is 0 Å². The number of fused-ring (bicyclic) bond motifs is 2. The molecule has 1 aliphatic heterocycles. The lowest BCUT2D eigenvalue weighted by atomic mass is 9.85. The second kappa shape index (κ2) is 17.7. The molecule has 60 heavy (non-hydrogen) atoms. The zero-order valence-electron chi connectivity index (χ0n) is 37.3. The van der Waals surface area contributed by atoms with Gasteiger partial charge in [0.1, 0.15) is 29.1 Å². The summed E-state index contributed by atoms with van der Waals surface area (Å²) in [6.07, 6.45) is 8.62. The zero-order chi connectivity index (χ0) is 42.9. The molecule has 3 unspecified atom stereocenters. The van der Waals surface area contributed by atoms with Gasteiger partial charge < -0.3 is 24.5 Å². The van der Waals surface area contributed by atoms with Crippen molar-refractivity contribution in [1.82, 2.24) is 39.5 Å². The number of aliphatic hydroxyl groups excluding tert-OH is 1. The molecular weight excluding hydrogens is 773 g/mol. The van der Waals surface area contributed by atoms with E-state index in [-0.39, 0.29) is 30.2 Å². The molecule has 0 bridgehead atoms. The third-order valence-electron chi connectivity index (χ3n) is 12.7. The topological polar surface area (TPSA) is 149 Å². The first-order valence-corrected chi connectivity index (χ1v) is 24.1. The van der Waals surface area contributed by atoms with Crippen molar-refractivity contribution in [1.29, 1.82) is 0 Å². The van der Waals surface area contributed by atoms with Crippen molar-refractivity contribution >= 4 is 31.8 Å². The van der Waals surface area contributed by atoms with Crippen LogP contribution in [0.4, 0.5) is 16.6 Å². The number of anilines is 2. The van der Waals surface area contributed by atoms with Crippen molar-refractivity contribution in [3.8, 4) is 11.4 Å². The van der Waals surface area contributed by atoms with Crippen LogP contribution in [0.5, 0.6) is 5.75 Å². The van der Waals surface area contributed by atoms with Gasteiger partial charge in [-0.3, -0.25) is 14.4 Å². The molecule has 4 aromatic heterocycles. The third-order valence-corrected chi connectivity index (χ3v) is 18.8.